The van der Waals surface area contributed by atoms with Crippen molar-refractivity contribution in [1.82, 2.24) is 0 Å². The first kappa shape index (κ1) is 74.2. The lowest BCUT2D eigenvalue weighted by atomic mass is 10.0. The summed E-state index contributed by atoms with van der Waals surface area (Å²) in [5.41, 5.74) is 0. The molecule has 0 radical (unpaired) electrons. The van der Waals surface area contributed by atoms with Crippen LogP contribution in [0.3, 0.4) is 0 Å². The first-order valence-electron chi connectivity index (χ1n) is 32.8. The largest absolute Gasteiger partial charge is 0.545 e. The molecule has 0 aromatic carbocycles. The molecule has 0 saturated carbocycles. The van der Waals surface area contributed by atoms with Crippen LogP contribution in [0.15, 0.2) is 48.6 Å². The van der Waals surface area contributed by atoms with Crippen LogP contribution in [0.25, 0.3) is 0 Å². The number of carbonyl (C=O) groups excluding carboxylic acids is 3. The molecule has 0 N–H and O–H groups in total. The van der Waals surface area contributed by atoms with Crippen molar-refractivity contribution in [2.75, 3.05) is 47.5 Å². The summed E-state index contributed by atoms with van der Waals surface area (Å²) in [6.07, 6.45) is 71.8. The van der Waals surface area contributed by atoms with Gasteiger partial charge in [-0.25, -0.2) is 0 Å². The molecule has 0 saturated heterocycles. The van der Waals surface area contributed by atoms with Gasteiger partial charge in [0.1, 0.15) is 13.2 Å². The van der Waals surface area contributed by atoms with Crippen LogP contribution >= 0.6 is 0 Å². The van der Waals surface area contributed by atoms with Gasteiger partial charge in [-0.1, -0.05) is 268 Å². The van der Waals surface area contributed by atoms with Gasteiger partial charge >= 0.3 is 11.9 Å². The highest BCUT2D eigenvalue weighted by molar-refractivity contribution is 5.70. The summed E-state index contributed by atoms with van der Waals surface area (Å²) < 4.78 is 22.8. The van der Waals surface area contributed by atoms with E-state index < -0.39 is 24.3 Å². The van der Waals surface area contributed by atoms with Crippen LogP contribution < -0.4 is 5.11 Å². The maximum Gasteiger partial charge on any atom is 0.306 e. The Hall–Kier alpha value is -2.75. The van der Waals surface area contributed by atoms with E-state index in [-0.39, 0.29) is 32.2 Å². The monoisotopic (exact) mass is 1080 g/mol. The summed E-state index contributed by atoms with van der Waals surface area (Å²) in [4.78, 5) is 37.4. The molecule has 0 aliphatic heterocycles. The van der Waals surface area contributed by atoms with Crippen LogP contribution in [0.1, 0.15) is 309 Å². The maximum atomic E-state index is 12.9. The summed E-state index contributed by atoms with van der Waals surface area (Å²) >= 11 is 0. The number of carboxylic acids is 1. The molecule has 0 bridgehead atoms. The Bertz CT molecular complexity index is 1400. The van der Waals surface area contributed by atoms with E-state index in [0.717, 1.165) is 44.9 Å². The van der Waals surface area contributed by atoms with Crippen molar-refractivity contribution in [2.24, 2.45) is 0 Å². The van der Waals surface area contributed by atoms with Crippen LogP contribution in [-0.4, -0.2) is 82.3 Å². The predicted molar refractivity (Wildman–Crippen MR) is 325 cm³/mol. The number of likely N-dealkylation sites (N-methyl/N-ethyl adjacent to an activating group) is 1. The van der Waals surface area contributed by atoms with Crippen LogP contribution in [0.2, 0.25) is 0 Å². The Balaban J connectivity index is 4.13. The molecule has 2 atom stereocenters. The van der Waals surface area contributed by atoms with Crippen molar-refractivity contribution in [3.8, 4) is 0 Å². The van der Waals surface area contributed by atoms with E-state index in [4.69, 9.17) is 18.9 Å². The van der Waals surface area contributed by atoms with Gasteiger partial charge in [0.05, 0.1) is 40.3 Å². The Labute approximate surface area is 476 Å². The van der Waals surface area contributed by atoms with Crippen molar-refractivity contribution < 1.29 is 42.9 Å². The minimum Gasteiger partial charge on any atom is -0.545 e. The van der Waals surface area contributed by atoms with Gasteiger partial charge in [-0.05, 0) is 77.0 Å². The highest BCUT2D eigenvalue weighted by atomic mass is 16.7. The molecule has 0 rings (SSSR count). The van der Waals surface area contributed by atoms with E-state index in [1.165, 1.54) is 231 Å². The summed E-state index contributed by atoms with van der Waals surface area (Å²) in [5.74, 6) is -2.27. The summed E-state index contributed by atoms with van der Waals surface area (Å²) in [7, 11) is 5.93. The van der Waals surface area contributed by atoms with E-state index in [9.17, 15) is 19.5 Å². The van der Waals surface area contributed by atoms with E-state index in [1.54, 1.807) is 0 Å². The number of unbranched alkanes of at least 4 members (excludes halogenated alkanes) is 38. The Morgan fingerprint density at radius 2 is 0.701 bits per heavy atom. The first-order valence-corrected chi connectivity index (χ1v) is 32.8. The Morgan fingerprint density at radius 3 is 1.05 bits per heavy atom. The van der Waals surface area contributed by atoms with Gasteiger partial charge in [0.2, 0.25) is 0 Å². The molecular weight excluding hydrogens is 959 g/mol. The number of rotatable bonds is 61. The molecule has 0 aliphatic carbocycles. The van der Waals surface area contributed by atoms with Gasteiger partial charge in [0.15, 0.2) is 12.4 Å². The summed E-state index contributed by atoms with van der Waals surface area (Å²) in [5, 5.41) is 11.8. The molecule has 0 aromatic rings. The smallest absolute Gasteiger partial charge is 0.306 e. The second-order valence-corrected chi connectivity index (χ2v) is 23.4. The fourth-order valence-corrected chi connectivity index (χ4v) is 9.48. The third kappa shape index (κ3) is 60.7. The average Bonchev–Trinajstić information content (AvgIpc) is 3.40. The minimum atomic E-state index is -1.62. The van der Waals surface area contributed by atoms with Gasteiger partial charge in [-0.15, -0.1) is 0 Å². The molecule has 77 heavy (non-hydrogen) atoms. The number of aliphatic carboxylic acids is 1. The highest BCUT2D eigenvalue weighted by Crippen LogP contribution is 2.17. The van der Waals surface area contributed by atoms with E-state index in [0.29, 0.717) is 23.9 Å². The molecule has 0 fully saturated rings. The van der Waals surface area contributed by atoms with Gasteiger partial charge in [0, 0.05) is 12.8 Å². The SMILES string of the molecule is CCCCCCC/C=C\C/C=C\C/C=C\CCCCCCCCCCCCCCCCCCC(=O)OC(COC(=O)CCCCCCCCCCC/C=C\CCCCCCCCCC)COC(OCC[N+](C)(C)C)C(=O)[O-]. The molecule has 0 aromatic heterocycles. The zero-order valence-electron chi connectivity index (χ0n) is 51.3. The second-order valence-electron chi connectivity index (χ2n) is 23.4. The third-order valence-corrected chi connectivity index (χ3v) is 14.5. The van der Waals surface area contributed by atoms with Crippen molar-refractivity contribution in [3.05, 3.63) is 48.6 Å². The fraction of sp³-hybridized carbons (Fsp3) is 0.838. The lowest BCUT2D eigenvalue weighted by Crippen LogP contribution is -2.44. The molecule has 450 valence electrons. The molecule has 2 unspecified atom stereocenters. The number of carboxylic acid groups (broad SMARTS) is 1. The zero-order valence-corrected chi connectivity index (χ0v) is 51.3. The third-order valence-electron chi connectivity index (χ3n) is 14.5. The standard InChI is InChI=1S/C68H125NO8/c1-6-8-10-12-14-16-18-20-22-24-26-28-29-30-31-32-33-34-35-36-37-39-41-43-45-47-49-51-53-55-57-59-66(71)77-64(63-76-68(67(72)73)74-61-60-69(3,4)5)62-75-65(70)58-56-54-52-50-48-46-44-42-40-38-27-25-23-21-19-17-15-13-11-9-7-2/h18,20,24-27,29-30,64,68H,6-17,19,21-23,28,31-63H2,1-5H3/b20-18-,26-24-,27-25-,30-29-. The number of allylic oxidation sites excluding steroid dienone is 8. The predicted octanol–water partition coefficient (Wildman–Crippen LogP) is 18.5. The average molecular weight is 1080 g/mol. The molecule has 9 nitrogen and oxygen atoms in total. The van der Waals surface area contributed by atoms with E-state index in [2.05, 4.69) is 62.5 Å². The lowest BCUT2D eigenvalue weighted by molar-refractivity contribution is -0.870. The maximum absolute atomic E-state index is 12.9. The molecule has 0 aliphatic rings. The van der Waals surface area contributed by atoms with Crippen LogP contribution in [-0.2, 0) is 33.3 Å². The van der Waals surface area contributed by atoms with Crippen LogP contribution in [0.5, 0.6) is 0 Å². The summed E-state index contributed by atoms with van der Waals surface area (Å²) in [6, 6.07) is 0. The Kier molecular flexibility index (Phi) is 57.3. The second kappa shape index (κ2) is 59.4. The zero-order chi connectivity index (χ0) is 56.2. The number of hydrogen-bond acceptors (Lipinski definition) is 8. The van der Waals surface area contributed by atoms with Crippen molar-refractivity contribution in [2.45, 2.75) is 322 Å². The normalized spacial score (nSPS) is 13.0. The van der Waals surface area contributed by atoms with Crippen LogP contribution in [0.4, 0.5) is 0 Å². The topological polar surface area (TPSA) is 111 Å². The first-order chi connectivity index (χ1) is 37.6. The van der Waals surface area contributed by atoms with Gasteiger partial charge in [0.25, 0.3) is 0 Å². The molecule has 0 amide bonds. The molecule has 0 spiro atoms. The quantitative estimate of drug-likeness (QED) is 0.0195. The lowest BCUT2D eigenvalue weighted by Gasteiger charge is -2.26. The van der Waals surface area contributed by atoms with Gasteiger partial charge in [-0.2, -0.15) is 0 Å². The van der Waals surface area contributed by atoms with Gasteiger partial charge in [-0.3, -0.25) is 9.59 Å². The number of esters is 2. The van der Waals surface area contributed by atoms with Crippen molar-refractivity contribution in [1.29, 1.82) is 0 Å². The van der Waals surface area contributed by atoms with E-state index >= 15 is 0 Å². The number of quaternary nitrogens is 1. The molecular formula is C68H125NO8. The van der Waals surface area contributed by atoms with Crippen molar-refractivity contribution >= 4 is 17.9 Å². The van der Waals surface area contributed by atoms with Gasteiger partial charge < -0.3 is 33.3 Å². The highest BCUT2D eigenvalue weighted by Gasteiger charge is 2.22. The fourth-order valence-electron chi connectivity index (χ4n) is 9.48. The number of nitrogens with zero attached hydrogens (tertiary/aromatic N) is 1. The van der Waals surface area contributed by atoms with Crippen LogP contribution in [0, 0.1) is 0 Å². The van der Waals surface area contributed by atoms with E-state index in [1.807, 2.05) is 21.1 Å². The summed E-state index contributed by atoms with van der Waals surface area (Å²) in [6.45, 7) is 4.78. The number of carbonyl (C=O) groups is 3. The minimum absolute atomic E-state index is 0.148. The molecule has 9 heteroatoms. The Morgan fingerprint density at radius 1 is 0.390 bits per heavy atom. The number of ether oxygens (including phenoxy) is 4. The molecule has 0 heterocycles. The number of hydrogen-bond donors (Lipinski definition) is 0. The van der Waals surface area contributed by atoms with Crippen molar-refractivity contribution in [3.63, 3.8) is 0 Å².